The van der Waals surface area contributed by atoms with Crippen LogP contribution in [-0.2, 0) is 0 Å². The van der Waals surface area contributed by atoms with E-state index in [1.54, 1.807) is 11.3 Å². The summed E-state index contributed by atoms with van der Waals surface area (Å²) in [4.78, 5) is 12.5. The molecule has 96 valence electrons. The molecule has 5 heteroatoms. The molecule has 2 aromatic heterocycles. The number of thiophene rings is 1. The predicted octanol–water partition coefficient (Wildman–Crippen LogP) is 4.11. The van der Waals surface area contributed by atoms with Crippen LogP contribution in [0.25, 0.3) is 10.2 Å². The third-order valence-electron chi connectivity index (χ3n) is 3.62. The molecule has 0 spiro atoms. The molecule has 1 saturated heterocycles. The lowest BCUT2D eigenvalue weighted by atomic mass is 10.0. The number of aromatic nitrogens is 2. The molecule has 3 nitrogen and oxygen atoms in total. The van der Waals surface area contributed by atoms with Crippen molar-refractivity contribution in [1.29, 1.82) is 0 Å². The van der Waals surface area contributed by atoms with Crippen LogP contribution >= 0.6 is 22.9 Å². The summed E-state index contributed by atoms with van der Waals surface area (Å²) in [7, 11) is 0. The van der Waals surface area contributed by atoms with Crippen LogP contribution in [0.3, 0.4) is 0 Å². The van der Waals surface area contributed by atoms with Crippen LogP contribution in [0.4, 0.5) is 5.95 Å². The molecule has 1 aliphatic rings. The van der Waals surface area contributed by atoms with Crippen molar-refractivity contribution in [1.82, 2.24) is 9.97 Å². The van der Waals surface area contributed by atoms with Crippen LogP contribution in [0.1, 0.15) is 32.6 Å². The Morgan fingerprint density at radius 3 is 3.17 bits per heavy atom. The van der Waals surface area contributed by atoms with Crippen molar-refractivity contribution >= 4 is 39.1 Å². The van der Waals surface area contributed by atoms with E-state index in [0.29, 0.717) is 11.2 Å². The summed E-state index contributed by atoms with van der Waals surface area (Å²) in [6.45, 7) is 3.28. The van der Waals surface area contributed by atoms with Gasteiger partial charge in [0.05, 0.1) is 0 Å². The minimum absolute atomic E-state index is 0.562. The fourth-order valence-corrected chi connectivity index (χ4v) is 3.67. The van der Waals surface area contributed by atoms with Crippen molar-refractivity contribution in [3.8, 4) is 0 Å². The topological polar surface area (TPSA) is 29.0 Å². The zero-order chi connectivity index (χ0) is 12.5. The Balaban J connectivity index is 2.01. The first-order chi connectivity index (χ1) is 8.79. The smallest absolute Gasteiger partial charge is 0.228 e. The van der Waals surface area contributed by atoms with Crippen molar-refractivity contribution in [3.63, 3.8) is 0 Å². The zero-order valence-electron chi connectivity index (χ0n) is 10.4. The third kappa shape index (κ3) is 2.08. The number of hydrogen-bond acceptors (Lipinski definition) is 4. The lowest BCUT2D eigenvalue weighted by Gasteiger charge is -2.35. The summed E-state index contributed by atoms with van der Waals surface area (Å²) >= 11 is 7.87. The molecule has 0 bridgehead atoms. The van der Waals surface area contributed by atoms with Crippen molar-refractivity contribution in [2.75, 3.05) is 11.4 Å². The van der Waals surface area contributed by atoms with Gasteiger partial charge in [0.1, 0.15) is 9.98 Å². The van der Waals surface area contributed by atoms with E-state index in [0.717, 1.165) is 29.1 Å². The Bertz CT molecular complexity index is 554. The van der Waals surface area contributed by atoms with E-state index in [9.17, 15) is 0 Å². The number of nitrogens with zero attached hydrogens (tertiary/aromatic N) is 3. The van der Waals surface area contributed by atoms with Crippen LogP contribution in [0.2, 0.25) is 5.15 Å². The van der Waals surface area contributed by atoms with Gasteiger partial charge in [0.2, 0.25) is 5.95 Å². The van der Waals surface area contributed by atoms with E-state index in [4.69, 9.17) is 11.6 Å². The Labute approximate surface area is 116 Å². The molecule has 0 amide bonds. The lowest BCUT2D eigenvalue weighted by Crippen LogP contribution is -2.40. The summed E-state index contributed by atoms with van der Waals surface area (Å²) < 4.78 is 0. The second-order valence-electron chi connectivity index (χ2n) is 4.71. The number of fused-ring (bicyclic) bond motifs is 1. The summed E-state index contributed by atoms with van der Waals surface area (Å²) in [5.74, 6) is 0.807. The minimum Gasteiger partial charge on any atom is -0.338 e. The molecule has 0 aliphatic carbocycles. The largest absolute Gasteiger partial charge is 0.338 e. The molecule has 3 rings (SSSR count). The van der Waals surface area contributed by atoms with Gasteiger partial charge in [-0.1, -0.05) is 18.5 Å². The molecule has 1 atom stereocenters. The lowest BCUT2D eigenvalue weighted by molar-refractivity contribution is 0.443. The van der Waals surface area contributed by atoms with Crippen LogP contribution in [0, 0.1) is 0 Å². The first-order valence-corrected chi connectivity index (χ1v) is 7.72. The molecule has 3 heterocycles. The Morgan fingerprint density at radius 2 is 2.33 bits per heavy atom. The van der Waals surface area contributed by atoms with E-state index in [1.807, 2.05) is 11.4 Å². The second kappa shape index (κ2) is 5.02. The first-order valence-electron chi connectivity index (χ1n) is 6.47. The maximum atomic E-state index is 6.24. The quantitative estimate of drug-likeness (QED) is 0.776. The molecule has 0 aromatic carbocycles. The maximum absolute atomic E-state index is 6.24. The van der Waals surface area contributed by atoms with Gasteiger partial charge in [-0.3, -0.25) is 0 Å². The Kier molecular flexibility index (Phi) is 3.39. The zero-order valence-corrected chi connectivity index (χ0v) is 12.0. The van der Waals surface area contributed by atoms with E-state index in [2.05, 4.69) is 21.8 Å². The van der Waals surface area contributed by atoms with Gasteiger partial charge in [0.15, 0.2) is 0 Å². The van der Waals surface area contributed by atoms with Gasteiger partial charge < -0.3 is 4.90 Å². The highest BCUT2D eigenvalue weighted by Gasteiger charge is 2.24. The summed E-state index contributed by atoms with van der Waals surface area (Å²) in [6.07, 6.45) is 4.91. The fourth-order valence-electron chi connectivity index (χ4n) is 2.63. The average molecular weight is 282 g/mol. The van der Waals surface area contributed by atoms with Gasteiger partial charge >= 0.3 is 0 Å². The van der Waals surface area contributed by atoms with Gasteiger partial charge in [-0.2, -0.15) is 0 Å². The monoisotopic (exact) mass is 281 g/mol. The molecule has 0 radical (unpaired) electrons. The van der Waals surface area contributed by atoms with Crippen LogP contribution in [0.5, 0.6) is 0 Å². The van der Waals surface area contributed by atoms with Crippen molar-refractivity contribution in [3.05, 3.63) is 16.6 Å². The summed E-state index contributed by atoms with van der Waals surface area (Å²) in [5, 5.41) is 3.56. The summed E-state index contributed by atoms with van der Waals surface area (Å²) in [6, 6.07) is 2.55. The van der Waals surface area contributed by atoms with E-state index in [-0.39, 0.29) is 0 Å². The van der Waals surface area contributed by atoms with Gasteiger partial charge in [-0.05, 0) is 37.1 Å². The molecular formula is C13H16ClN3S. The molecule has 2 aromatic rings. The van der Waals surface area contributed by atoms with Crippen LogP contribution < -0.4 is 4.90 Å². The Morgan fingerprint density at radius 1 is 1.44 bits per heavy atom. The molecule has 1 aliphatic heterocycles. The molecule has 0 N–H and O–H groups in total. The fraction of sp³-hybridized carbons (Fsp3) is 0.538. The number of piperidine rings is 1. The van der Waals surface area contributed by atoms with E-state index in [1.165, 1.54) is 19.3 Å². The molecule has 1 fully saturated rings. The van der Waals surface area contributed by atoms with Crippen LogP contribution in [0.15, 0.2) is 11.4 Å². The maximum Gasteiger partial charge on any atom is 0.228 e. The highest BCUT2D eigenvalue weighted by Crippen LogP contribution is 2.30. The van der Waals surface area contributed by atoms with Crippen LogP contribution in [-0.4, -0.2) is 22.6 Å². The van der Waals surface area contributed by atoms with Gasteiger partial charge in [0, 0.05) is 18.0 Å². The number of rotatable bonds is 2. The van der Waals surface area contributed by atoms with Crippen molar-refractivity contribution in [2.24, 2.45) is 0 Å². The number of hydrogen-bond donors (Lipinski definition) is 0. The van der Waals surface area contributed by atoms with Gasteiger partial charge in [-0.25, -0.2) is 9.97 Å². The molecular weight excluding hydrogens is 266 g/mol. The highest BCUT2D eigenvalue weighted by atomic mass is 35.5. The van der Waals surface area contributed by atoms with E-state index >= 15 is 0 Å². The Hall–Kier alpha value is -0.870. The normalized spacial score (nSPS) is 20.6. The minimum atomic E-state index is 0.562. The standard InChI is InChI=1S/C13H16ClN3S/c1-2-9-5-3-4-7-17(9)13-15-11(14)10-6-8-18-12(10)16-13/h6,8-9H,2-5,7H2,1H3. The highest BCUT2D eigenvalue weighted by molar-refractivity contribution is 7.16. The SMILES string of the molecule is CCC1CCCCN1c1nc(Cl)c2ccsc2n1. The number of halogens is 1. The third-order valence-corrected chi connectivity index (χ3v) is 4.72. The average Bonchev–Trinajstić information content (AvgIpc) is 2.87. The summed E-state index contributed by atoms with van der Waals surface area (Å²) in [5.41, 5.74) is 0. The predicted molar refractivity (Wildman–Crippen MR) is 77.7 cm³/mol. The van der Waals surface area contributed by atoms with Crippen molar-refractivity contribution in [2.45, 2.75) is 38.6 Å². The molecule has 18 heavy (non-hydrogen) atoms. The molecule has 0 saturated carbocycles. The van der Waals surface area contributed by atoms with E-state index < -0.39 is 0 Å². The van der Waals surface area contributed by atoms with Crippen molar-refractivity contribution < 1.29 is 0 Å². The van der Waals surface area contributed by atoms with Gasteiger partial charge in [-0.15, -0.1) is 11.3 Å². The van der Waals surface area contributed by atoms with Gasteiger partial charge in [0.25, 0.3) is 0 Å². The molecule has 1 unspecified atom stereocenters. The number of anilines is 1. The first kappa shape index (κ1) is 12.2. The second-order valence-corrected chi connectivity index (χ2v) is 5.96.